The standard InChI is InChI=1S/C21H28N4O4S/c1-15(2)20(24-30(27,28)18-7-4-16(3)5-8-18)21(26)23-19-9-6-17(14-22-19)25-10-12-29-13-11-25/h4-9,14-15,20,24H,10-13H2,1-3H3,(H,22,23,26)/t20-/m1/s1. The maximum absolute atomic E-state index is 12.8. The van der Waals surface area contributed by atoms with Crippen LogP contribution in [-0.4, -0.2) is 51.7 Å². The summed E-state index contributed by atoms with van der Waals surface area (Å²) in [6, 6.07) is 9.16. The van der Waals surface area contributed by atoms with E-state index >= 15 is 0 Å². The number of morpholine rings is 1. The summed E-state index contributed by atoms with van der Waals surface area (Å²) < 4.78 is 33.3. The summed E-state index contributed by atoms with van der Waals surface area (Å²) in [7, 11) is -3.83. The first kappa shape index (κ1) is 22.2. The molecule has 0 spiro atoms. The lowest BCUT2D eigenvalue weighted by Crippen LogP contribution is -2.47. The van der Waals surface area contributed by atoms with Crippen LogP contribution in [0, 0.1) is 12.8 Å². The van der Waals surface area contributed by atoms with Crippen LogP contribution in [0.2, 0.25) is 0 Å². The van der Waals surface area contributed by atoms with Gasteiger partial charge < -0.3 is 15.0 Å². The van der Waals surface area contributed by atoms with Gasteiger partial charge in [-0.3, -0.25) is 4.79 Å². The van der Waals surface area contributed by atoms with Crippen LogP contribution < -0.4 is 14.9 Å². The lowest BCUT2D eigenvalue weighted by molar-refractivity contribution is -0.118. The highest BCUT2D eigenvalue weighted by molar-refractivity contribution is 7.89. The van der Waals surface area contributed by atoms with Crippen molar-refractivity contribution in [2.75, 3.05) is 36.5 Å². The molecule has 0 bridgehead atoms. The number of aryl methyl sites for hydroxylation is 1. The summed E-state index contributed by atoms with van der Waals surface area (Å²) in [4.78, 5) is 19.4. The molecule has 0 unspecified atom stereocenters. The van der Waals surface area contributed by atoms with E-state index in [0.717, 1.165) is 24.3 Å². The van der Waals surface area contributed by atoms with Gasteiger partial charge in [-0.25, -0.2) is 13.4 Å². The van der Waals surface area contributed by atoms with Gasteiger partial charge in [-0.2, -0.15) is 4.72 Å². The average molecular weight is 433 g/mol. The van der Waals surface area contributed by atoms with Crippen LogP contribution in [0.5, 0.6) is 0 Å². The van der Waals surface area contributed by atoms with Gasteiger partial charge in [0.25, 0.3) is 0 Å². The van der Waals surface area contributed by atoms with Crippen LogP contribution in [-0.2, 0) is 19.6 Å². The van der Waals surface area contributed by atoms with Crippen LogP contribution in [0.15, 0.2) is 47.5 Å². The molecule has 0 radical (unpaired) electrons. The molecule has 8 nitrogen and oxygen atoms in total. The summed E-state index contributed by atoms with van der Waals surface area (Å²) in [5.41, 5.74) is 1.91. The van der Waals surface area contributed by atoms with Crippen molar-refractivity contribution in [1.82, 2.24) is 9.71 Å². The Hall–Kier alpha value is -2.49. The highest BCUT2D eigenvalue weighted by Gasteiger charge is 2.28. The summed E-state index contributed by atoms with van der Waals surface area (Å²) in [6.45, 7) is 8.40. The van der Waals surface area contributed by atoms with E-state index < -0.39 is 22.0 Å². The number of ether oxygens (including phenoxy) is 1. The van der Waals surface area contributed by atoms with Crippen LogP contribution in [0.4, 0.5) is 11.5 Å². The van der Waals surface area contributed by atoms with Gasteiger partial charge in [0, 0.05) is 13.1 Å². The van der Waals surface area contributed by atoms with Crippen molar-refractivity contribution in [3.05, 3.63) is 48.2 Å². The fourth-order valence-corrected chi connectivity index (χ4v) is 4.46. The number of hydrogen-bond donors (Lipinski definition) is 2. The Kier molecular flexibility index (Phi) is 7.06. The number of pyridine rings is 1. The molecule has 162 valence electrons. The van der Waals surface area contributed by atoms with Crippen molar-refractivity contribution in [3.8, 4) is 0 Å². The van der Waals surface area contributed by atoms with E-state index in [0.29, 0.717) is 19.0 Å². The van der Waals surface area contributed by atoms with Crippen molar-refractivity contribution in [2.45, 2.75) is 31.7 Å². The molecule has 1 amide bonds. The number of aromatic nitrogens is 1. The number of amides is 1. The smallest absolute Gasteiger partial charge is 0.243 e. The Labute approximate surface area is 177 Å². The fourth-order valence-electron chi connectivity index (χ4n) is 3.12. The molecular weight excluding hydrogens is 404 g/mol. The van der Waals surface area contributed by atoms with Crippen molar-refractivity contribution >= 4 is 27.4 Å². The number of anilines is 2. The van der Waals surface area contributed by atoms with Gasteiger partial charge in [-0.15, -0.1) is 0 Å². The third-order valence-corrected chi connectivity index (χ3v) is 6.39. The zero-order valence-corrected chi connectivity index (χ0v) is 18.3. The summed E-state index contributed by atoms with van der Waals surface area (Å²) in [5, 5.41) is 2.72. The van der Waals surface area contributed by atoms with E-state index in [4.69, 9.17) is 4.74 Å². The second-order valence-electron chi connectivity index (χ2n) is 7.65. The zero-order valence-electron chi connectivity index (χ0n) is 17.5. The van der Waals surface area contributed by atoms with Crippen molar-refractivity contribution in [1.29, 1.82) is 0 Å². The Bertz CT molecular complexity index is 954. The Morgan fingerprint density at radius 1 is 1.10 bits per heavy atom. The molecule has 1 aliphatic rings. The first-order valence-corrected chi connectivity index (χ1v) is 11.4. The van der Waals surface area contributed by atoms with Crippen molar-refractivity contribution < 1.29 is 17.9 Å². The van der Waals surface area contributed by atoms with Gasteiger partial charge >= 0.3 is 0 Å². The number of carbonyl (C=O) groups is 1. The van der Waals surface area contributed by atoms with E-state index in [9.17, 15) is 13.2 Å². The number of nitrogens with zero attached hydrogens (tertiary/aromatic N) is 2. The lowest BCUT2D eigenvalue weighted by atomic mass is 10.1. The number of rotatable bonds is 7. The van der Waals surface area contributed by atoms with E-state index in [2.05, 4.69) is 19.9 Å². The predicted octanol–water partition coefficient (Wildman–Crippen LogP) is 2.17. The number of benzene rings is 1. The van der Waals surface area contributed by atoms with Gasteiger partial charge in [-0.1, -0.05) is 31.5 Å². The third kappa shape index (κ3) is 5.56. The molecule has 0 saturated carbocycles. The Morgan fingerprint density at radius 3 is 2.33 bits per heavy atom. The molecular formula is C21H28N4O4S. The molecule has 2 heterocycles. The predicted molar refractivity (Wildman–Crippen MR) is 116 cm³/mol. The van der Waals surface area contributed by atoms with Crippen LogP contribution >= 0.6 is 0 Å². The number of sulfonamides is 1. The second kappa shape index (κ2) is 9.55. The molecule has 9 heteroatoms. The summed E-state index contributed by atoms with van der Waals surface area (Å²) >= 11 is 0. The zero-order chi connectivity index (χ0) is 21.7. The Morgan fingerprint density at radius 2 is 1.77 bits per heavy atom. The van der Waals surface area contributed by atoms with Gasteiger partial charge in [-0.05, 0) is 37.1 Å². The van der Waals surface area contributed by atoms with E-state index in [1.807, 2.05) is 13.0 Å². The summed E-state index contributed by atoms with van der Waals surface area (Å²) in [5.74, 6) is -0.331. The molecule has 2 aromatic rings. The Balaban J connectivity index is 1.68. The SMILES string of the molecule is Cc1ccc(S(=O)(=O)N[C@@H](C(=O)Nc2ccc(N3CCOCC3)cn2)C(C)C)cc1. The molecule has 30 heavy (non-hydrogen) atoms. The minimum Gasteiger partial charge on any atom is -0.378 e. The normalized spacial score (nSPS) is 15.8. The molecule has 2 N–H and O–H groups in total. The molecule has 1 fully saturated rings. The van der Waals surface area contributed by atoms with Gasteiger partial charge in [0.05, 0.1) is 30.0 Å². The maximum Gasteiger partial charge on any atom is 0.243 e. The van der Waals surface area contributed by atoms with Gasteiger partial charge in [0.1, 0.15) is 11.9 Å². The highest BCUT2D eigenvalue weighted by Crippen LogP contribution is 2.18. The van der Waals surface area contributed by atoms with Crippen LogP contribution in [0.1, 0.15) is 19.4 Å². The minimum absolute atomic E-state index is 0.125. The highest BCUT2D eigenvalue weighted by atomic mass is 32.2. The minimum atomic E-state index is -3.83. The second-order valence-corrected chi connectivity index (χ2v) is 9.36. The molecule has 1 atom stereocenters. The maximum atomic E-state index is 12.8. The summed E-state index contributed by atoms with van der Waals surface area (Å²) in [6.07, 6.45) is 1.70. The van der Waals surface area contributed by atoms with Crippen LogP contribution in [0.3, 0.4) is 0 Å². The molecule has 0 aliphatic carbocycles. The van der Waals surface area contributed by atoms with Crippen molar-refractivity contribution in [3.63, 3.8) is 0 Å². The number of hydrogen-bond acceptors (Lipinski definition) is 6. The molecule has 3 rings (SSSR count). The van der Waals surface area contributed by atoms with Crippen LogP contribution in [0.25, 0.3) is 0 Å². The lowest BCUT2D eigenvalue weighted by Gasteiger charge is -2.28. The van der Waals surface area contributed by atoms with Gasteiger partial charge in [0.2, 0.25) is 15.9 Å². The first-order valence-electron chi connectivity index (χ1n) is 9.95. The number of nitrogens with one attached hydrogen (secondary N) is 2. The number of carbonyl (C=O) groups excluding carboxylic acids is 1. The van der Waals surface area contributed by atoms with Crippen molar-refractivity contribution in [2.24, 2.45) is 5.92 Å². The van der Waals surface area contributed by atoms with Gasteiger partial charge in [0.15, 0.2) is 0 Å². The molecule has 1 aromatic heterocycles. The van der Waals surface area contributed by atoms with E-state index in [1.54, 1.807) is 38.2 Å². The fraction of sp³-hybridized carbons (Fsp3) is 0.429. The molecule has 1 aromatic carbocycles. The quantitative estimate of drug-likeness (QED) is 0.696. The average Bonchev–Trinajstić information content (AvgIpc) is 2.73. The molecule has 1 aliphatic heterocycles. The largest absolute Gasteiger partial charge is 0.378 e. The molecule has 1 saturated heterocycles. The monoisotopic (exact) mass is 432 g/mol. The van der Waals surface area contributed by atoms with E-state index in [1.165, 1.54) is 12.1 Å². The first-order chi connectivity index (χ1) is 14.3. The third-order valence-electron chi connectivity index (χ3n) is 4.94. The topological polar surface area (TPSA) is 101 Å². The van der Waals surface area contributed by atoms with E-state index in [-0.39, 0.29) is 10.8 Å².